The number of esters is 1. The van der Waals surface area contributed by atoms with Crippen molar-refractivity contribution in [3.63, 3.8) is 0 Å². The summed E-state index contributed by atoms with van der Waals surface area (Å²) in [7, 11) is 0. The molecule has 156 valence electrons. The van der Waals surface area contributed by atoms with Crippen LogP contribution >= 0.6 is 0 Å². The topological polar surface area (TPSA) is 72.8 Å². The number of carbonyl (C=O) groups is 1. The van der Waals surface area contributed by atoms with Crippen molar-refractivity contribution in [3.8, 4) is 0 Å². The van der Waals surface area contributed by atoms with Gasteiger partial charge in [-0.25, -0.2) is 4.79 Å². The minimum atomic E-state index is -0.541. The van der Waals surface area contributed by atoms with E-state index in [0.717, 1.165) is 69.9 Å². The second kappa shape index (κ2) is 9.07. The van der Waals surface area contributed by atoms with Crippen molar-refractivity contribution < 1.29 is 14.3 Å². The van der Waals surface area contributed by atoms with Gasteiger partial charge in [-0.3, -0.25) is 9.69 Å². The number of aromatic nitrogens is 1. The second-order valence-corrected chi connectivity index (χ2v) is 7.72. The molecule has 2 aliphatic heterocycles. The Labute approximate surface area is 170 Å². The summed E-state index contributed by atoms with van der Waals surface area (Å²) in [5, 5.41) is 3.97. The Kier molecular flexibility index (Phi) is 6.28. The van der Waals surface area contributed by atoms with E-state index in [1.54, 1.807) is 13.1 Å². The summed E-state index contributed by atoms with van der Waals surface area (Å²) < 4.78 is 12.7. The standard InChI is InChI=1S/C22H29N3O4/c1-2-29-22(27)19-15-25(17-5-7-23-8-6-17)20-4-3-16(13-18(20)21(19)26)14-24-9-11-28-12-10-24/h3-4,13,15,17,23H,2,5-12,14H2,1H3. The molecule has 29 heavy (non-hydrogen) atoms. The van der Waals surface area contributed by atoms with Crippen molar-refractivity contribution in [1.29, 1.82) is 0 Å². The van der Waals surface area contributed by atoms with E-state index >= 15 is 0 Å². The Morgan fingerprint density at radius 2 is 2.00 bits per heavy atom. The van der Waals surface area contributed by atoms with Gasteiger partial charge in [-0.1, -0.05) is 6.07 Å². The fourth-order valence-corrected chi connectivity index (χ4v) is 4.26. The summed E-state index contributed by atoms with van der Waals surface area (Å²) >= 11 is 0. The van der Waals surface area contributed by atoms with Gasteiger partial charge in [0.2, 0.25) is 5.43 Å². The predicted molar refractivity (Wildman–Crippen MR) is 111 cm³/mol. The van der Waals surface area contributed by atoms with E-state index in [9.17, 15) is 9.59 Å². The molecule has 7 heteroatoms. The molecule has 2 fully saturated rings. The zero-order valence-corrected chi connectivity index (χ0v) is 17.0. The molecular weight excluding hydrogens is 370 g/mol. The number of morpholine rings is 1. The number of fused-ring (bicyclic) bond motifs is 1. The number of hydrogen-bond donors (Lipinski definition) is 1. The fraction of sp³-hybridized carbons (Fsp3) is 0.545. The first-order chi connectivity index (χ1) is 14.2. The van der Waals surface area contributed by atoms with Gasteiger partial charge in [0.15, 0.2) is 0 Å². The number of nitrogens with zero attached hydrogens (tertiary/aromatic N) is 2. The Balaban J connectivity index is 1.77. The highest BCUT2D eigenvalue weighted by molar-refractivity contribution is 5.94. The molecule has 2 aromatic rings. The second-order valence-electron chi connectivity index (χ2n) is 7.72. The minimum absolute atomic E-state index is 0.126. The van der Waals surface area contributed by atoms with Crippen LogP contribution < -0.4 is 10.7 Å². The molecule has 0 radical (unpaired) electrons. The van der Waals surface area contributed by atoms with Gasteiger partial charge in [0.1, 0.15) is 5.56 Å². The third kappa shape index (κ3) is 4.37. The summed E-state index contributed by atoms with van der Waals surface area (Å²) in [5.41, 5.74) is 1.85. The number of pyridine rings is 1. The maximum atomic E-state index is 13.2. The van der Waals surface area contributed by atoms with E-state index in [0.29, 0.717) is 5.39 Å². The highest BCUT2D eigenvalue weighted by atomic mass is 16.5. The summed E-state index contributed by atoms with van der Waals surface area (Å²) in [5.74, 6) is -0.541. The molecule has 0 unspecified atom stereocenters. The molecule has 2 saturated heterocycles. The Morgan fingerprint density at radius 1 is 1.24 bits per heavy atom. The van der Waals surface area contributed by atoms with E-state index < -0.39 is 5.97 Å². The van der Waals surface area contributed by atoms with Crippen LogP contribution in [0.4, 0.5) is 0 Å². The number of piperidine rings is 1. The number of carbonyl (C=O) groups excluding carboxylic acids is 1. The molecule has 4 rings (SSSR count). The van der Waals surface area contributed by atoms with E-state index in [-0.39, 0.29) is 23.6 Å². The lowest BCUT2D eigenvalue weighted by Crippen LogP contribution is -2.35. The van der Waals surface area contributed by atoms with Gasteiger partial charge in [-0.2, -0.15) is 0 Å². The Bertz CT molecular complexity index is 928. The summed E-state index contributed by atoms with van der Waals surface area (Å²) in [6.45, 7) is 7.90. The van der Waals surface area contributed by atoms with Crippen LogP contribution in [-0.4, -0.2) is 61.4 Å². The van der Waals surface area contributed by atoms with E-state index in [4.69, 9.17) is 9.47 Å². The van der Waals surface area contributed by atoms with Crippen molar-refractivity contribution >= 4 is 16.9 Å². The van der Waals surface area contributed by atoms with Gasteiger partial charge in [-0.15, -0.1) is 0 Å². The van der Waals surface area contributed by atoms with E-state index in [2.05, 4.69) is 20.9 Å². The number of rotatable bonds is 5. The average Bonchev–Trinajstić information content (AvgIpc) is 2.76. The molecule has 0 bridgehead atoms. The smallest absolute Gasteiger partial charge is 0.343 e. The van der Waals surface area contributed by atoms with Crippen LogP contribution in [0.15, 0.2) is 29.2 Å². The fourth-order valence-electron chi connectivity index (χ4n) is 4.26. The van der Waals surface area contributed by atoms with Gasteiger partial charge in [0.05, 0.1) is 25.3 Å². The first-order valence-corrected chi connectivity index (χ1v) is 10.5. The van der Waals surface area contributed by atoms with Crippen molar-refractivity contribution in [2.75, 3.05) is 46.0 Å². The molecule has 1 aromatic carbocycles. The number of nitrogens with one attached hydrogen (secondary N) is 1. The van der Waals surface area contributed by atoms with Crippen molar-refractivity contribution in [3.05, 3.63) is 45.7 Å². The molecule has 2 aliphatic rings. The molecule has 0 spiro atoms. The van der Waals surface area contributed by atoms with Gasteiger partial charge >= 0.3 is 5.97 Å². The van der Waals surface area contributed by atoms with Crippen molar-refractivity contribution in [2.24, 2.45) is 0 Å². The lowest BCUT2D eigenvalue weighted by Gasteiger charge is -2.28. The number of hydrogen-bond acceptors (Lipinski definition) is 6. The maximum Gasteiger partial charge on any atom is 0.343 e. The number of benzene rings is 1. The lowest BCUT2D eigenvalue weighted by molar-refractivity contribution is 0.0342. The molecular formula is C22H29N3O4. The van der Waals surface area contributed by atoms with E-state index in [1.165, 1.54) is 0 Å². The summed E-state index contributed by atoms with van der Waals surface area (Å²) in [4.78, 5) is 28.0. The molecule has 7 nitrogen and oxygen atoms in total. The van der Waals surface area contributed by atoms with Crippen molar-refractivity contribution in [2.45, 2.75) is 32.4 Å². The maximum absolute atomic E-state index is 13.2. The summed E-state index contributed by atoms with van der Waals surface area (Å²) in [6, 6.07) is 6.34. The molecule has 0 atom stereocenters. The molecule has 0 saturated carbocycles. The van der Waals surface area contributed by atoms with Crippen LogP contribution in [0.25, 0.3) is 10.9 Å². The van der Waals surface area contributed by atoms with Crippen LogP contribution in [0.3, 0.4) is 0 Å². The van der Waals surface area contributed by atoms with Gasteiger partial charge < -0.3 is 19.4 Å². The number of ether oxygens (including phenoxy) is 2. The molecule has 1 N–H and O–H groups in total. The normalized spacial score (nSPS) is 18.8. The van der Waals surface area contributed by atoms with Crippen LogP contribution in [0.2, 0.25) is 0 Å². The van der Waals surface area contributed by atoms with E-state index in [1.807, 2.05) is 12.1 Å². The quantitative estimate of drug-likeness (QED) is 0.775. The Hall–Kier alpha value is -2.22. The predicted octanol–water partition coefficient (Wildman–Crippen LogP) is 1.93. The van der Waals surface area contributed by atoms with Gasteiger partial charge in [-0.05, 0) is 50.6 Å². The SMILES string of the molecule is CCOC(=O)c1cn(C2CCNCC2)c2ccc(CN3CCOCC3)cc2c1=O. The largest absolute Gasteiger partial charge is 0.462 e. The molecule has 0 amide bonds. The molecule has 0 aliphatic carbocycles. The Morgan fingerprint density at radius 3 is 2.72 bits per heavy atom. The molecule has 1 aromatic heterocycles. The van der Waals surface area contributed by atoms with Gasteiger partial charge in [0.25, 0.3) is 0 Å². The minimum Gasteiger partial charge on any atom is -0.462 e. The monoisotopic (exact) mass is 399 g/mol. The van der Waals surface area contributed by atoms with Gasteiger partial charge in [0, 0.05) is 37.3 Å². The average molecular weight is 399 g/mol. The van der Waals surface area contributed by atoms with Crippen LogP contribution in [0, 0.1) is 0 Å². The first-order valence-electron chi connectivity index (χ1n) is 10.5. The third-order valence-corrected chi connectivity index (χ3v) is 5.80. The highest BCUT2D eigenvalue weighted by Gasteiger charge is 2.22. The zero-order chi connectivity index (χ0) is 20.2. The van der Waals surface area contributed by atoms with Crippen LogP contribution in [-0.2, 0) is 16.0 Å². The van der Waals surface area contributed by atoms with Crippen LogP contribution in [0.1, 0.15) is 41.7 Å². The zero-order valence-electron chi connectivity index (χ0n) is 17.0. The first kappa shape index (κ1) is 20.1. The van der Waals surface area contributed by atoms with Crippen molar-refractivity contribution in [1.82, 2.24) is 14.8 Å². The summed E-state index contributed by atoms with van der Waals surface area (Å²) in [6.07, 6.45) is 3.64. The molecule has 3 heterocycles. The van der Waals surface area contributed by atoms with Crippen LogP contribution in [0.5, 0.6) is 0 Å². The third-order valence-electron chi connectivity index (χ3n) is 5.80. The highest BCUT2D eigenvalue weighted by Crippen LogP contribution is 2.25. The lowest BCUT2D eigenvalue weighted by atomic mass is 10.0.